The highest BCUT2D eigenvalue weighted by atomic mass is 35.5. The third-order valence-corrected chi connectivity index (χ3v) is 5.58. The van der Waals surface area contributed by atoms with Crippen molar-refractivity contribution in [2.24, 2.45) is 0 Å². The van der Waals surface area contributed by atoms with Crippen molar-refractivity contribution in [2.75, 3.05) is 5.32 Å². The molecule has 4 aromatic rings. The van der Waals surface area contributed by atoms with Gasteiger partial charge < -0.3 is 10.4 Å². The van der Waals surface area contributed by atoms with Crippen LogP contribution in [-0.2, 0) is 0 Å². The van der Waals surface area contributed by atoms with Crippen molar-refractivity contribution in [2.45, 2.75) is 13.8 Å². The number of nitrogens with one attached hydrogen (secondary N) is 1. The first-order valence-electron chi connectivity index (χ1n) is 10.5. The molecule has 0 aliphatic carbocycles. The third kappa shape index (κ3) is 4.77. The van der Waals surface area contributed by atoms with Gasteiger partial charge in [-0.15, -0.1) is 0 Å². The molecule has 0 spiro atoms. The number of aryl methyl sites for hydroxylation is 2. The average molecular weight is 473 g/mol. The van der Waals surface area contributed by atoms with Crippen molar-refractivity contribution in [3.05, 3.63) is 122 Å². The molecule has 1 amide bonds. The number of pyridine rings is 1. The van der Waals surface area contributed by atoms with Gasteiger partial charge in [0.15, 0.2) is 5.78 Å². The molecule has 4 rings (SSSR count). The highest BCUT2D eigenvalue weighted by Gasteiger charge is 2.21. The van der Waals surface area contributed by atoms with Gasteiger partial charge >= 0.3 is 0 Å². The first-order valence-corrected chi connectivity index (χ1v) is 10.9. The Kier molecular flexibility index (Phi) is 6.34. The predicted octanol–water partition coefficient (Wildman–Crippen LogP) is 5.30. The lowest BCUT2D eigenvalue weighted by Crippen LogP contribution is -2.29. The summed E-state index contributed by atoms with van der Waals surface area (Å²) in [7, 11) is 0. The Balaban J connectivity index is 1.85. The van der Waals surface area contributed by atoms with E-state index < -0.39 is 17.2 Å². The van der Waals surface area contributed by atoms with Crippen LogP contribution < -0.4 is 10.9 Å². The van der Waals surface area contributed by atoms with E-state index in [4.69, 9.17) is 11.6 Å². The van der Waals surface area contributed by atoms with Crippen molar-refractivity contribution in [3.63, 3.8) is 0 Å². The van der Waals surface area contributed by atoms with Crippen LogP contribution in [0, 0.1) is 13.8 Å². The van der Waals surface area contributed by atoms with Gasteiger partial charge in [-0.1, -0.05) is 47.0 Å². The minimum atomic E-state index is -0.653. The van der Waals surface area contributed by atoms with Crippen molar-refractivity contribution in [1.82, 2.24) is 4.57 Å². The molecule has 0 atom stereocenters. The Morgan fingerprint density at radius 1 is 0.853 bits per heavy atom. The van der Waals surface area contributed by atoms with Crippen LogP contribution in [0.3, 0.4) is 0 Å². The zero-order valence-electron chi connectivity index (χ0n) is 18.5. The van der Waals surface area contributed by atoms with Gasteiger partial charge in [0.25, 0.3) is 11.5 Å². The number of aromatic nitrogens is 1. The van der Waals surface area contributed by atoms with Gasteiger partial charge in [0.05, 0.1) is 5.56 Å². The zero-order valence-corrected chi connectivity index (χ0v) is 19.3. The first-order chi connectivity index (χ1) is 16.2. The van der Waals surface area contributed by atoms with Gasteiger partial charge in [-0.2, -0.15) is 0 Å². The minimum Gasteiger partial charge on any atom is -0.507 e. The summed E-state index contributed by atoms with van der Waals surface area (Å²) >= 11 is 6.02. The molecule has 170 valence electrons. The monoisotopic (exact) mass is 472 g/mol. The summed E-state index contributed by atoms with van der Waals surface area (Å²) in [5.41, 5.74) is 2.23. The van der Waals surface area contributed by atoms with Gasteiger partial charge in [-0.25, -0.2) is 0 Å². The first kappa shape index (κ1) is 23.0. The summed E-state index contributed by atoms with van der Waals surface area (Å²) in [6.45, 7) is 3.83. The van der Waals surface area contributed by atoms with E-state index >= 15 is 0 Å². The lowest BCUT2D eigenvalue weighted by Gasteiger charge is -2.13. The number of hydrogen-bond acceptors (Lipinski definition) is 4. The fourth-order valence-corrected chi connectivity index (χ4v) is 3.62. The van der Waals surface area contributed by atoms with E-state index in [0.29, 0.717) is 11.4 Å². The fraction of sp³-hybridized carbons (Fsp3) is 0.0741. The number of rotatable bonds is 5. The van der Waals surface area contributed by atoms with Crippen LogP contribution in [0.4, 0.5) is 5.69 Å². The summed E-state index contributed by atoms with van der Waals surface area (Å²) in [4.78, 5) is 39.6. The van der Waals surface area contributed by atoms with Gasteiger partial charge in [0.1, 0.15) is 11.3 Å². The summed E-state index contributed by atoms with van der Waals surface area (Å²) in [5.74, 6) is -1.49. The molecule has 0 bridgehead atoms. The molecular weight excluding hydrogens is 452 g/mol. The maximum atomic E-state index is 13.3. The number of nitrogens with zero attached hydrogens (tertiary/aromatic N) is 1. The van der Waals surface area contributed by atoms with E-state index in [1.807, 2.05) is 38.1 Å². The largest absolute Gasteiger partial charge is 0.507 e. The normalized spacial score (nSPS) is 10.7. The summed E-state index contributed by atoms with van der Waals surface area (Å²) < 4.78 is 1.25. The number of amides is 1. The van der Waals surface area contributed by atoms with Crippen molar-refractivity contribution >= 4 is 29.0 Å². The summed E-state index contributed by atoms with van der Waals surface area (Å²) in [6.07, 6.45) is 1.36. The Bertz CT molecular complexity index is 1460. The van der Waals surface area contributed by atoms with Crippen LogP contribution in [0.2, 0.25) is 5.02 Å². The molecule has 0 aliphatic rings. The van der Waals surface area contributed by atoms with Crippen LogP contribution in [0.15, 0.2) is 83.8 Å². The number of hydrogen-bond donors (Lipinski definition) is 2. The molecule has 0 aliphatic heterocycles. The van der Waals surface area contributed by atoms with Crippen LogP contribution in [0.1, 0.15) is 37.4 Å². The van der Waals surface area contributed by atoms with E-state index in [1.165, 1.54) is 35.0 Å². The quantitative estimate of drug-likeness (QED) is 0.386. The second kappa shape index (κ2) is 9.37. The van der Waals surface area contributed by atoms with E-state index in [0.717, 1.165) is 11.1 Å². The maximum Gasteiger partial charge on any atom is 0.267 e. The lowest BCUT2D eigenvalue weighted by atomic mass is 10.0. The molecule has 0 saturated carbocycles. The summed E-state index contributed by atoms with van der Waals surface area (Å²) in [6, 6.07) is 19.6. The Morgan fingerprint density at radius 3 is 2.12 bits per heavy atom. The smallest absolute Gasteiger partial charge is 0.267 e. The number of ketones is 1. The number of anilines is 1. The standard InChI is InChI=1S/C27H21ClN2O4/c1-16-3-8-20(9-4-16)29-26(33)23-13-18(25(32)22-14-19(28)7-12-24(22)31)15-30(27(23)34)21-10-5-17(2)6-11-21/h3-15,31H,1-2H3,(H,29,33). The van der Waals surface area contributed by atoms with Gasteiger partial charge in [-0.05, 0) is 62.4 Å². The number of aromatic hydroxyl groups is 1. The average Bonchev–Trinajstić information content (AvgIpc) is 2.82. The number of carbonyl (C=O) groups excluding carboxylic acids is 2. The van der Waals surface area contributed by atoms with Gasteiger partial charge in [0, 0.05) is 28.2 Å². The Morgan fingerprint density at radius 2 is 1.47 bits per heavy atom. The Hall–Kier alpha value is -4.16. The molecule has 0 fully saturated rings. The molecule has 0 unspecified atom stereocenters. The maximum absolute atomic E-state index is 13.3. The summed E-state index contributed by atoms with van der Waals surface area (Å²) in [5, 5.41) is 13.2. The second-order valence-electron chi connectivity index (χ2n) is 7.96. The minimum absolute atomic E-state index is 0.0357. The van der Waals surface area contributed by atoms with Crippen molar-refractivity contribution < 1.29 is 14.7 Å². The van der Waals surface area contributed by atoms with E-state index in [1.54, 1.807) is 24.3 Å². The molecule has 0 radical (unpaired) electrons. The highest BCUT2D eigenvalue weighted by Crippen LogP contribution is 2.25. The van der Waals surface area contributed by atoms with Gasteiger partial charge in [0.2, 0.25) is 0 Å². The van der Waals surface area contributed by atoms with Crippen LogP contribution in [-0.4, -0.2) is 21.4 Å². The predicted molar refractivity (Wildman–Crippen MR) is 132 cm³/mol. The molecular formula is C27H21ClN2O4. The zero-order chi connectivity index (χ0) is 24.4. The molecule has 2 N–H and O–H groups in total. The topological polar surface area (TPSA) is 88.4 Å². The van der Waals surface area contributed by atoms with Crippen LogP contribution in [0.25, 0.3) is 5.69 Å². The highest BCUT2D eigenvalue weighted by molar-refractivity contribution is 6.31. The SMILES string of the molecule is Cc1ccc(NC(=O)c2cc(C(=O)c3cc(Cl)ccc3O)cn(-c3ccc(C)cc3)c2=O)cc1. The molecule has 0 saturated heterocycles. The van der Waals surface area contributed by atoms with E-state index in [2.05, 4.69) is 5.32 Å². The van der Waals surface area contributed by atoms with Crippen LogP contribution >= 0.6 is 11.6 Å². The molecule has 3 aromatic carbocycles. The third-order valence-electron chi connectivity index (χ3n) is 5.35. The molecule has 1 aromatic heterocycles. The lowest BCUT2D eigenvalue weighted by molar-refractivity contribution is 0.102. The van der Waals surface area contributed by atoms with E-state index in [9.17, 15) is 19.5 Å². The second-order valence-corrected chi connectivity index (χ2v) is 8.40. The molecule has 34 heavy (non-hydrogen) atoms. The number of carbonyl (C=O) groups is 2. The number of benzene rings is 3. The number of phenolic OH excluding ortho intramolecular Hbond substituents is 1. The fourth-order valence-electron chi connectivity index (χ4n) is 3.45. The van der Waals surface area contributed by atoms with E-state index in [-0.39, 0.29) is 27.5 Å². The van der Waals surface area contributed by atoms with Crippen molar-refractivity contribution in [1.29, 1.82) is 0 Å². The molecule has 7 heteroatoms. The molecule has 6 nitrogen and oxygen atoms in total. The number of phenols is 1. The van der Waals surface area contributed by atoms with Crippen molar-refractivity contribution in [3.8, 4) is 11.4 Å². The van der Waals surface area contributed by atoms with Gasteiger partial charge in [-0.3, -0.25) is 19.0 Å². The Labute approximate surface area is 201 Å². The molecule has 1 heterocycles. The number of halogens is 1. The van der Waals surface area contributed by atoms with Crippen LogP contribution in [0.5, 0.6) is 5.75 Å².